The van der Waals surface area contributed by atoms with Crippen LogP contribution in [0.1, 0.15) is 49.8 Å². The van der Waals surface area contributed by atoms with Crippen LogP contribution < -0.4 is 10.1 Å². The largest absolute Gasteiger partial charge is 0.488 e. The van der Waals surface area contributed by atoms with Gasteiger partial charge in [-0.05, 0) is 25.0 Å². The Bertz CT molecular complexity index is 459. The van der Waals surface area contributed by atoms with Crippen LogP contribution in [0.25, 0.3) is 0 Å². The van der Waals surface area contributed by atoms with Crippen molar-refractivity contribution in [3.05, 3.63) is 23.5 Å². The van der Waals surface area contributed by atoms with Gasteiger partial charge < -0.3 is 10.1 Å². The number of hydrogen-bond donors (Lipinski definition) is 1. The molecular formula is C14H20N2O2. The number of nitrogens with zero attached hydrogens (tertiary/aromatic N) is 1. The first kappa shape index (κ1) is 12.9. The third-order valence-corrected chi connectivity index (χ3v) is 2.89. The smallest absolute Gasteiger partial charge is 0.273 e. The molecule has 1 aromatic heterocycles. The minimum atomic E-state index is -0.197. The Morgan fingerprint density at radius 2 is 2.06 bits per heavy atom. The Labute approximate surface area is 108 Å². The van der Waals surface area contributed by atoms with Crippen molar-refractivity contribution >= 4 is 5.91 Å². The summed E-state index contributed by atoms with van der Waals surface area (Å²) in [5, 5.41) is 2.61. The Morgan fingerprint density at radius 1 is 1.39 bits per heavy atom. The summed E-state index contributed by atoms with van der Waals surface area (Å²) in [6.45, 7) is 6.22. The molecule has 4 heteroatoms. The molecule has 0 aromatic carbocycles. The summed E-state index contributed by atoms with van der Waals surface area (Å²) in [6.07, 6.45) is 2.39. The number of nitrogens with one attached hydrogen (secondary N) is 1. The first-order valence-corrected chi connectivity index (χ1v) is 6.32. The highest BCUT2D eigenvalue weighted by Gasteiger charge is 2.27. The summed E-state index contributed by atoms with van der Waals surface area (Å²) in [4.78, 5) is 16.3. The summed E-state index contributed by atoms with van der Waals surface area (Å²) in [5.74, 6) is 0.390. The lowest BCUT2D eigenvalue weighted by atomic mass is 9.91. The molecule has 1 aliphatic rings. The molecule has 0 spiro atoms. The van der Waals surface area contributed by atoms with Gasteiger partial charge in [0.1, 0.15) is 0 Å². The van der Waals surface area contributed by atoms with Crippen molar-refractivity contribution < 1.29 is 9.53 Å². The summed E-state index contributed by atoms with van der Waals surface area (Å²) < 4.78 is 5.72. The van der Waals surface area contributed by atoms with Crippen molar-refractivity contribution in [2.45, 2.75) is 45.1 Å². The standard InChI is InChI=1S/C14H20N2O2/c1-14(2,3)11-8-7-10(18-9-5-6-9)12(16-11)13(17)15-4/h7-9H,5-6H2,1-4H3,(H,15,17). The van der Waals surface area contributed by atoms with Crippen LogP contribution in [0, 0.1) is 0 Å². The van der Waals surface area contributed by atoms with E-state index in [2.05, 4.69) is 31.1 Å². The number of hydrogen-bond acceptors (Lipinski definition) is 3. The molecule has 4 nitrogen and oxygen atoms in total. The molecule has 1 saturated carbocycles. The summed E-state index contributed by atoms with van der Waals surface area (Å²) in [5.41, 5.74) is 1.20. The van der Waals surface area contributed by atoms with Gasteiger partial charge in [0.15, 0.2) is 11.4 Å². The molecule has 1 heterocycles. The average molecular weight is 248 g/mol. The van der Waals surface area contributed by atoms with Crippen LogP contribution in [-0.4, -0.2) is 24.0 Å². The Kier molecular flexibility index (Phi) is 3.28. The maximum atomic E-state index is 11.9. The molecule has 1 aromatic rings. The second-order valence-corrected chi connectivity index (χ2v) is 5.69. The van der Waals surface area contributed by atoms with Crippen LogP contribution in [-0.2, 0) is 5.41 Å². The Balaban J connectivity index is 2.37. The fraction of sp³-hybridized carbons (Fsp3) is 0.571. The molecule has 0 bridgehead atoms. The quantitative estimate of drug-likeness (QED) is 0.892. The van der Waals surface area contributed by atoms with Crippen LogP contribution in [0.3, 0.4) is 0 Å². The minimum absolute atomic E-state index is 0.0825. The van der Waals surface area contributed by atoms with E-state index in [1.54, 1.807) is 7.05 Å². The van der Waals surface area contributed by atoms with Gasteiger partial charge in [-0.3, -0.25) is 4.79 Å². The number of carbonyl (C=O) groups excluding carboxylic acids is 1. The van der Waals surface area contributed by atoms with E-state index in [0.29, 0.717) is 11.4 Å². The van der Waals surface area contributed by atoms with Crippen LogP contribution in [0.5, 0.6) is 5.75 Å². The van der Waals surface area contributed by atoms with Gasteiger partial charge in [0, 0.05) is 18.2 Å². The molecule has 1 fully saturated rings. The van der Waals surface area contributed by atoms with Gasteiger partial charge in [0.2, 0.25) is 0 Å². The van der Waals surface area contributed by atoms with Crippen molar-refractivity contribution in [3.63, 3.8) is 0 Å². The zero-order chi connectivity index (χ0) is 13.3. The van der Waals surface area contributed by atoms with Gasteiger partial charge in [0.25, 0.3) is 5.91 Å². The zero-order valence-corrected chi connectivity index (χ0v) is 11.4. The van der Waals surface area contributed by atoms with Gasteiger partial charge in [0.05, 0.1) is 6.10 Å². The monoisotopic (exact) mass is 248 g/mol. The van der Waals surface area contributed by atoms with Crippen molar-refractivity contribution in [2.75, 3.05) is 7.05 Å². The lowest BCUT2D eigenvalue weighted by Crippen LogP contribution is -2.23. The number of aromatic nitrogens is 1. The van der Waals surface area contributed by atoms with Gasteiger partial charge >= 0.3 is 0 Å². The second kappa shape index (κ2) is 4.59. The molecular weight excluding hydrogens is 228 g/mol. The van der Waals surface area contributed by atoms with E-state index in [4.69, 9.17) is 4.74 Å². The molecule has 0 unspecified atom stereocenters. The highest BCUT2D eigenvalue weighted by molar-refractivity contribution is 5.94. The molecule has 0 atom stereocenters. The van der Waals surface area contributed by atoms with E-state index >= 15 is 0 Å². The summed E-state index contributed by atoms with van der Waals surface area (Å²) >= 11 is 0. The zero-order valence-electron chi connectivity index (χ0n) is 11.4. The summed E-state index contributed by atoms with van der Waals surface area (Å²) in [7, 11) is 1.61. The van der Waals surface area contributed by atoms with Crippen molar-refractivity contribution in [1.29, 1.82) is 0 Å². The third kappa shape index (κ3) is 2.81. The van der Waals surface area contributed by atoms with E-state index in [1.165, 1.54) is 0 Å². The predicted molar refractivity (Wildman–Crippen MR) is 70.0 cm³/mol. The van der Waals surface area contributed by atoms with Crippen LogP contribution in [0.4, 0.5) is 0 Å². The molecule has 0 saturated heterocycles. The minimum Gasteiger partial charge on any atom is -0.488 e. The number of pyridine rings is 1. The van der Waals surface area contributed by atoms with E-state index in [0.717, 1.165) is 18.5 Å². The lowest BCUT2D eigenvalue weighted by molar-refractivity contribution is 0.0953. The second-order valence-electron chi connectivity index (χ2n) is 5.69. The van der Waals surface area contributed by atoms with Gasteiger partial charge in [-0.1, -0.05) is 20.8 Å². The normalized spacial score (nSPS) is 15.3. The Hall–Kier alpha value is -1.58. The molecule has 1 aliphatic carbocycles. The van der Waals surface area contributed by atoms with Crippen molar-refractivity contribution in [3.8, 4) is 5.75 Å². The number of rotatable bonds is 3. The fourth-order valence-electron chi connectivity index (χ4n) is 1.61. The SMILES string of the molecule is CNC(=O)c1nc(C(C)(C)C)ccc1OC1CC1. The van der Waals surface area contributed by atoms with E-state index in [9.17, 15) is 4.79 Å². The highest BCUT2D eigenvalue weighted by atomic mass is 16.5. The van der Waals surface area contributed by atoms with E-state index in [-0.39, 0.29) is 17.4 Å². The van der Waals surface area contributed by atoms with E-state index < -0.39 is 0 Å². The Morgan fingerprint density at radius 3 is 2.56 bits per heavy atom. The lowest BCUT2D eigenvalue weighted by Gasteiger charge is -2.19. The number of ether oxygens (including phenoxy) is 1. The molecule has 1 amide bonds. The molecule has 0 aliphatic heterocycles. The summed E-state index contributed by atoms with van der Waals surface area (Å²) in [6, 6.07) is 3.79. The van der Waals surface area contributed by atoms with Crippen LogP contribution >= 0.6 is 0 Å². The highest BCUT2D eigenvalue weighted by Crippen LogP contribution is 2.30. The van der Waals surface area contributed by atoms with Crippen molar-refractivity contribution in [1.82, 2.24) is 10.3 Å². The fourth-order valence-corrected chi connectivity index (χ4v) is 1.61. The topological polar surface area (TPSA) is 51.2 Å². The van der Waals surface area contributed by atoms with Crippen molar-refractivity contribution in [2.24, 2.45) is 0 Å². The first-order valence-electron chi connectivity index (χ1n) is 6.32. The van der Waals surface area contributed by atoms with Gasteiger partial charge in [-0.15, -0.1) is 0 Å². The van der Waals surface area contributed by atoms with Gasteiger partial charge in [-0.25, -0.2) is 4.98 Å². The molecule has 18 heavy (non-hydrogen) atoms. The number of amides is 1. The average Bonchev–Trinajstić information content (AvgIpc) is 3.11. The number of carbonyl (C=O) groups is 1. The van der Waals surface area contributed by atoms with Gasteiger partial charge in [-0.2, -0.15) is 0 Å². The third-order valence-electron chi connectivity index (χ3n) is 2.89. The van der Waals surface area contributed by atoms with Crippen LogP contribution in [0.15, 0.2) is 12.1 Å². The first-order chi connectivity index (χ1) is 8.41. The van der Waals surface area contributed by atoms with Crippen LogP contribution in [0.2, 0.25) is 0 Å². The molecule has 1 N–H and O–H groups in total. The molecule has 0 radical (unpaired) electrons. The maximum Gasteiger partial charge on any atom is 0.273 e. The molecule has 2 rings (SSSR count). The van der Waals surface area contributed by atoms with E-state index in [1.807, 2.05) is 12.1 Å². The maximum absolute atomic E-state index is 11.9. The molecule has 98 valence electrons. The predicted octanol–water partition coefficient (Wildman–Crippen LogP) is 2.28.